The van der Waals surface area contributed by atoms with Crippen LogP contribution in [-0.4, -0.2) is 62.0 Å². The SMILES string of the molecule is CN(Cc1ncc[nH]1)Cc1ccc2n(c1=O)C[C@H]1C[C@@H]2CN(C(=O)c2ccoc2)C1.O=CO. The molecule has 10 heteroatoms. The lowest BCUT2D eigenvalue weighted by molar-refractivity contribution is -0.122. The minimum absolute atomic E-state index is 0.00502. The molecule has 174 valence electrons. The van der Waals surface area contributed by atoms with E-state index in [1.165, 1.54) is 12.5 Å². The van der Waals surface area contributed by atoms with E-state index in [4.69, 9.17) is 14.3 Å². The number of H-pyrrole nitrogens is 1. The highest BCUT2D eigenvalue weighted by molar-refractivity contribution is 5.94. The van der Waals surface area contributed by atoms with Gasteiger partial charge in [0.2, 0.25) is 0 Å². The number of amides is 1. The average Bonchev–Trinajstić information content (AvgIpc) is 3.50. The summed E-state index contributed by atoms with van der Waals surface area (Å²) in [6, 6.07) is 5.73. The van der Waals surface area contributed by atoms with Crippen LogP contribution in [0.4, 0.5) is 0 Å². The van der Waals surface area contributed by atoms with E-state index < -0.39 is 0 Å². The van der Waals surface area contributed by atoms with E-state index in [2.05, 4.69) is 20.9 Å². The monoisotopic (exact) mass is 453 g/mol. The summed E-state index contributed by atoms with van der Waals surface area (Å²) in [5.41, 5.74) is 2.50. The first-order chi connectivity index (χ1) is 16.0. The number of carbonyl (C=O) groups is 2. The average molecular weight is 453 g/mol. The summed E-state index contributed by atoms with van der Waals surface area (Å²) in [5, 5.41) is 6.89. The Kier molecular flexibility index (Phi) is 6.74. The van der Waals surface area contributed by atoms with E-state index >= 15 is 0 Å². The van der Waals surface area contributed by atoms with Crippen LogP contribution in [0.3, 0.4) is 0 Å². The predicted molar refractivity (Wildman–Crippen MR) is 119 cm³/mol. The number of aromatic nitrogens is 3. The molecule has 2 aliphatic rings. The van der Waals surface area contributed by atoms with Gasteiger partial charge in [-0.15, -0.1) is 0 Å². The number of imidazole rings is 1. The second-order valence-electron chi connectivity index (χ2n) is 8.53. The van der Waals surface area contributed by atoms with Gasteiger partial charge in [0.05, 0.1) is 18.4 Å². The lowest BCUT2D eigenvalue weighted by atomic mass is 9.82. The quantitative estimate of drug-likeness (QED) is 0.564. The zero-order valence-electron chi connectivity index (χ0n) is 18.4. The number of fused-ring (bicyclic) bond motifs is 4. The van der Waals surface area contributed by atoms with Crippen LogP contribution in [0.2, 0.25) is 0 Å². The Balaban J connectivity index is 0.000000821. The van der Waals surface area contributed by atoms with Crippen LogP contribution in [0.15, 0.2) is 52.3 Å². The molecule has 3 aromatic rings. The molecule has 10 nitrogen and oxygen atoms in total. The Morgan fingerprint density at radius 1 is 1.30 bits per heavy atom. The Hall–Kier alpha value is -3.66. The molecule has 1 fully saturated rings. The summed E-state index contributed by atoms with van der Waals surface area (Å²) in [6.07, 6.45) is 7.58. The van der Waals surface area contributed by atoms with Crippen LogP contribution in [0, 0.1) is 5.92 Å². The highest BCUT2D eigenvalue weighted by atomic mass is 16.3. The number of pyridine rings is 1. The third-order valence-corrected chi connectivity index (χ3v) is 6.15. The number of hydrogen-bond acceptors (Lipinski definition) is 6. The lowest BCUT2D eigenvalue weighted by Gasteiger charge is -2.42. The Labute approximate surface area is 190 Å². The summed E-state index contributed by atoms with van der Waals surface area (Å²) in [6.45, 7) is 2.95. The number of likely N-dealkylation sites (tertiary alicyclic amines) is 1. The molecule has 0 saturated carbocycles. The van der Waals surface area contributed by atoms with Crippen LogP contribution in [0.25, 0.3) is 0 Å². The lowest BCUT2D eigenvalue weighted by Crippen LogP contribution is -2.49. The molecular formula is C23H27N5O5. The van der Waals surface area contributed by atoms with Gasteiger partial charge in [-0.05, 0) is 31.5 Å². The van der Waals surface area contributed by atoms with Gasteiger partial charge in [-0.1, -0.05) is 6.07 Å². The second kappa shape index (κ2) is 9.86. The van der Waals surface area contributed by atoms with E-state index in [0.717, 1.165) is 23.5 Å². The van der Waals surface area contributed by atoms with Crippen molar-refractivity contribution in [1.29, 1.82) is 0 Å². The number of carbonyl (C=O) groups excluding carboxylic acids is 1. The highest BCUT2D eigenvalue weighted by Gasteiger charge is 2.37. The fourth-order valence-corrected chi connectivity index (χ4v) is 4.83. The molecule has 2 aliphatic heterocycles. The largest absolute Gasteiger partial charge is 0.483 e. The van der Waals surface area contributed by atoms with Crippen molar-refractivity contribution >= 4 is 12.4 Å². The summed E-state index contributed by atoms with van der Waals surface area (Å²) >= 11 is 0. The topological polar surface area (TPSA) is 125 Å². The molecule has 0 aromatic carbocycles. The smallest absolute Gasteiger partial charge is 0.290 e. The first kappa shape index (κ1) is 22.5. The van der Waals surface area contributed by atoms with Crippen molar-refractivity contribution in [2.75, 3.05) is 20.1 Å². The van der Waals surface area contributed by atoms with Gasteiger partial charge in [-0.25, -0.2) is 4.98 Å². The van der Waals surface area contributed by atoms with Crippen molar-refractivity contribution in [3.8, 4) is 0 Å². The molecule has 5 heterocycles. The fraction of sp³-hybridized carbons (Fsp3) is 0.391. The standard InChI is InChI=1S/C22H25N5O3.CH2O2/c1-25(13-20-23-5-6-24-20)11-16-2-3-19-18-8-15(10-27(19)22(16)29)9-26(12-18)21(28)17-4-7-30-14-17;2-1-3/h2-7,14-15,18H,8-13H2,1H3,(H,23,24);1H,(H,2,3)/t15-,18+;/m0./s1. The number of piperidine rings is 1. The Bertz CT molecular complexity index is 1140. The maximum Gasteiger partial charge on any atom is 0.290 e. The number of furan rings is 1. The van der Waals surface area contributed by atoms with Crippen LogP contribution in [0.5, 0.6) is 0 Å². The second-order valence-corrected chi connectivity index (χ2v) is 8.53. The number of rotatable bonds is 5. The van der Waals surface area contributed by atoms with Crippen LogP contribution < -0.4 is 5.56 Å². The van der Waals surface area contributed by atoms with Crippen molar-refractivity contribution in [1.82, 2.24) is 24.3 Å². The molecule has 1 amide bonds. The van der Waals surface area contributed by atoms with Gasteiger partial charge in [0.1, 0.15) is 12.1 Å². The fourth-order valence-electron chi connectivity index (χ4n) is 4.83. The van der Waals surface area contributed by atoms with Gasteiger partial charge in [0.15, 0.2) is 0 Å². The van der Waals surface area contributed by atoms with Gasteiger partial charge in [0, 0.05) is 55.7 Å². The highest BCUT2D eigenvalue weighted by Crippen LogP contribution is 2.35. The molecule has 0 spiro atoms. The van der Waals surface area contributed by atoms with Crippen molar-refractivity contribution in [2.24, 2.45) is 5.92 Å². The normalized spacial score (nSPS) is 18.9. The minimum atomic E-state index is -0.250. The Morgan fingerprint density at radius 2 is 2.12 bits per heavy atom. The third-order valence-electron chi connectivity index (χ3n) is 6.15. The van der Waals surface area contributed by atoms with Gasteiger partial charge in [-0.3, -0.25) is 19.3 Å². The maximum atomic E-state index is 13.2. The van der Waals surface area contributed by atoms with E-state index in [9.17, 15) is 9.59 Å². The predicted octanol–water partition coefficient (Wildman–Crippen LogP) is 1.76. The van der Waals surface area contributed by atoms with Crippen LogP contribution in [-0.2, 0) is 24.4 Å². The van der Waals surface area contributed by atoms with E-state index in [1.54, 1.807) is 18.5 Å². The molecule has 3 aromatic heterocycles. The zero-order chi connectivity index (χ0) is 23.4. The van der Waals surface area contributed by atoms with E-state index in [1.807, 2.05) is 22.6 Å². The van der Waals surface area contributed by atoms with Gasteiger partial charge >= 0.3 is 0 Å². The van der Waals surface area contributed by atoms with Gasteiger partial charge < -0.3 is 24.0 Å². The number of nitrogens with one attached hydrogen (secondary N) is 1. The molecule has 1 saturated heterocycles. The van der Waals surface area contributed by atoms with Crippen molar-refractivity contribution < 1.29 is 19.1 Å². The summed E-state index contributed by atoms with van der Waals surface area (Å²) in [7, 11) is 1.99. The third kappa shape index (κ3) is 4.90. The van der Waals surface area contributed by atoms with Crippen LogP contribution >= 0.6 is 0 Å². The maximum absolute atomic E-state index is 13.2. The zero-order valence-corrected chi connectivity index (χ0v) is 18.4. The molecule has 2 bridgehead atoms. The van der Waals surface area contributed by atoms with Crippen molar-refractivity contribution in [3.05, 3.63) is 76.1 Å². The first-order valence-electron chi connectivity index (χ1n) is 10.8. The van der Waals surface area contributed by atoms with Crippen molar-refractivity contribution in [3.63, 3.8) is 0 Å². The number of hydrogen-bond donors (Lipinski definition) is 2. The van der Waals surface area contributed by atoms with E-state index in [0.29, 0.717) is 44.2 Å². The number of carboxylic acid groups (broad SMARTS) is 1. The van der Waals surface area contributed by atoms with E-state index in [-0.39, 0.29) is 23.9 Å². The molecule has 0 aliphatic carbocycles. The molecule has 0 radical (unpaired) electrons. The molecule has 0 unspecified atom stereocenters. The Morgan fingerprint density at radius 3 is 2.82 bits per heavy atom. The summed E-state index contributed by atoms with van der Waals surface area (Å²) in [4.78, 5) is 45.7. The number of nitrogens with zero attached hydrogens (tertiary/aromatic N) is 4. The summed E-state index contributed by atoms with van der Waals surface area (Å²) in [5.74, 6) is 1.37. The van der Waals surface area contributed by atoms with Crippen LogP contribution in [0.1, 0.15) is 39.8 Å². The molecular weight excluding hydrogens is 426 g/mol. The molecule has 33 heavy (non-hydrogen) atoms. The minimum Gasteiger partial charge on any atom is -0.483 e. The summed E-state index contributed by atoms with van der Waals surface area (Å²) < 4.78 is 7.01. The molecule has 2 atom stereocenters. The van der Waals surface area contributed by atoms with Gasteiger partial charge in [0.25, 0.3) is 17.9 Å². The molecule has 5 rings (SSSR count). The first-order valence-corrected chi connectivity index (χ1v) is 10.8. The van der Waals surface area contributed by atoms with Crippen molar-refractivity contribution in [2.45, 2.75) is 32.0 Å². The number of aromatic amines is 1. The van der Waals surface area contributed by atoms with Gasteiger partial charge in [-0.2, -0.15) is 0 Å². The molecule has 2 N–H and O–H groups in total.